The Labute approximate surface area is 192 Å². The highest BCUT2D eigenvalue weighted by atomic mass is 32.2. The Hall–Kier alpha value is -1.98. The SMILES string of the molecule is C[C@H]1CC(C)(C)C[C@]2(C1)NC(=O)N(CC(=O)N1CCN(S(=O)(=O)c3cccs3)CC1)C2=O. The molecule has 0 aromatic carbocycles. The van der Waals surface area contributed by atoms with Crippen LogP contribution in [0.25, 0.3) is 0 Å². The van der Waals surface area contributed by atoms with Gasteiger partial charge in [-0.15, -0.1) is 11.3 Å². The van der Waals surface area contributed by atoms with Gasteiger partial charge in [0.05, 0.1) is 0 Å². The molecule has 1 aliphatic carbocycles. The average molecular weight is 483 g/mol. The standard InChI is InChI=1S/C21H30N4O5S2/c1-15-11-20(2,3)14-21(12-15)18(27)25(19(28)22-21)13-16(26)23-6-8-24(9-7-23)32(29,30)17-5-4-10-31-17/h4-5,10,15H,6-9,11-14H2,1-3H3,(H,22,28)/t15-,21-/m0/s1. The van der Waals surface area contributed by atoms with Gasteiger partial charge in [-0.2, -0.15) is 4.31 Å². The maximum Gasteiger partial charge on any atom is 0.325 e. The second kappa shape index (κ2) is 8.11. The predicted molar refractivity (Wildman–Crippen MR) is 119 cm³/mol. The van der Waals surface area contributed by atoms with E-state index in [4.69, 9.17) is 0 Å². The maximum atomic E-state index is 13.2. The quantitative estimate of drug-likeness (QED) is 0.658. The van der Waals surface area contributed by atoms with E-state index in [1.807, 2.05) is 0 Å². The summed E-state index contributed by atoms with van der Waals surface area (Å²) in [6.07, 6.45) is 2.11. The fourth-order valence-corrected chi connectivity index (χ4v) is 8.17. The zero-order chi connectivity index (χ0) is 23.3. The molecule has 176 valence electrons. The van der Waals surface area contributed by atoms with Crippen LogP contribution in [-0.2, 0) is 19.6 Å². The van der Waals surface area contributed by atoms with Crippen molar-refractivity contribution in [3.8, 4) is 0 Å². The molecule has 11 heteroatoms. The van der Waals surface area contributed by atoms with E-state index in [2.05, 4.69) is 26.1 Å². The third-order valence-electron chi connectivity index (χ3n) is 6.60. The molecule has 9 nitrogen and oxygen atoms in total. The van der Waals surface area contributed by atoms with Gasteiger partial charge in [0.25, 0.3) is 15.9 Å². The van der Waals surface area contributed by atoms with Crippen molar-refractivity contribution in [1.29, 1.82) is 0 Å². The summed E-state index contributed by atoms with van der Waals surface area (Å²) in [6.45, 7) is 6.77. The smallest absolute Gasteiger partial charge is 0.325 e. The summed E-state index contributed by atoms with van der Waals surface area (Å²) in [5.74, 6) is -0.381. The number of nitrogens with zero attached hydrogens (tertiary/aromatic N) is 3. The lowest BCUT2D eigenvalue weighted by atomic mass is 9.64. The molecule has 3 fully saturated rings. The van der Waals surface area contributed by atoms with Crippen LogP contribution in [0.5, 0.6) is 0 Å². The third kappa shape index (κ3) is 4.17. The fourth-order valence-electron chi connectivity index (χ4n) is 5.60. The van der Waals surface area contributed by atoms with Crippen LogP contribution in [0.1, 0.15) is 40.0 Å². The highest BCUT2D eigenvalue weighted by molar-refractivity contribution is 7.91. The fraction of sp³-hybridized carbons (Fsp3) is 0.667. The summed E-state index contributed by atoms with van der Waals surface area (Å²) in [4.78, 5) is 41.3. The number of carbonyl (C=O) groups is 3. The number of urea groups is 1. The van der Waals surface area contributed by atoms with E-state index in [1.54, 1.807) is 17.5 Å². The van der Waals surface area contributed by atoms with E-state index in [9.17, 15) is 22.8 Å². The lowest BCUT2D eigenvalue weighted by Crippen LogP contribution is -2.55. The molecule has 1 saturated carbocycles. The van der Waals surface area contributed by atoms with Gasteiger partial charge < -0.3 is 10.2 Å². The second-order valence-corrected chi connectivity index (χ2v) is 13.1. The zero-order valence-electron chi connectivity index (χ0n) is 18.7. The molecular weight excluding hydrogens is 452 g/mol. The Kier molecular flexibility index (Phi) is 5.87. The lowest BCUT2D eigenvalue weighted by Gasteiger charge is -2.43. The number of amides is 4. The summed E-state index contributed by atoms with van der Waals surface area (Å²) in [6, 6.07) is 2.74. The first-order valence-electron chi connectivity index (χ1n) is 10.9. The van der Waals surface area contributed by atoms with Gasteiger partial charge in [0.2, 0.25) is 5.91 Å². The predicted octanol–water partition coefficient (Wildman–Crippen LogP) is 1.72. The van der Waals surface area contributed by atoms with Crippen molar-refractivity contribution < 1.29 is 22.8 Å². The molecule has 2 aliphatic heterocycles. The number of hydrogen-bond donors (Lipinski definition) is 1. The minimum atomic E-state index is -3.56. The van der Waals surface area contributed by atoms with Crippen LogP contribution in [0.15, 0.2) is 21.7 Å². The van der Waals surface area contributed by atoms with Crippen molar-refractivity contribution in [3.63, 3.8) is 0 Å². The molecule has 3 aliphatic rings. The van der Waals surface area contributed by atoms with Crippen molar-refractivity contribution in [1.82, 2.24) is 19.4 Å². The van der Waals surface area contributed by atoms with Gasteiger partial charge in [0.15, 0.2) is 0 Å². The Morgan fingerprint density at radius 2 is 1.88 bits per heavy atom. The first-order valence-corrected chi connectivity index (χ1v) is 13.2. The number of thiophene rings is 1. The van der Waals surface area contributed by atoms with Crippen LogP contribution in [0.4, 0.5) is 4.79 Å². The van der Waals surface area contributed by atoms with Gasteiger partial charge in [-0.05, 0) is 42.0 Å². The van der Waals surface area contributed by atoms with Crippen molar-refractivity contribution in [2.75, 3.05) is 32.7 Å². The van der Waals surface area contributed by atoms with E-state index in [0.29, 0.717) is 12.8 Å². The first kappa shape index (κ1) is 23.2. The number of sulfonamides is 1. The van der Waals surface area contributed by atoms with Crippen LogP contribution in [0, 0.1) is 11.3 Å². The average Bonchev–Trinajstić information content (AvgIpc) is 3.31. The largest absolute Gasteiger partial charge is 0.338 e. The van der Waals surface area contributed by atoms with Crippen LogP contribution >= 0.6 is 11.3 Å². The topological polar surface area (TPSA) is 107 Å². The third-order valence-corrected chi connectivity index (χ3v) is 9.87. The van der Waals surface area contributed by atoms with Crippen LogP contribution in [-0.4, -0.2) is 78.6 Å². The molecule has 0 bridgehead atoms. The van der Waals surface area contributed by atoms with Gasteiger partial charge in [-0.3, -0.25) is 14.5 Å². The van der Waals surface area contributed by atoms with Crippen LogP contribution in [0.2, 0.25) is 0 Å². The first-order chi connectivity index (χ1) is 14.9. The van der Waals surface area contributed by atoms with E-state index in [0.717, 1.165) is 22.7 Å². The van der Waals surface area contributed by atoms with Gasteiger partial charge in [-0.25, -0.2) is 13.2 Å². The molecule has 4 amide bonds. The van der Waals surface area contributed by atoms with E-state index < -0.39 is 21.6 Å². The molecule has 32 heavy (non-hydrogen) atoms. The molecule has 3 heterocycles. The van der Waals surface area contributed by atoms with E-state index >= 15 is 0 Å². The number of rotatable bonds is 4. The number of imide groups is 1. The normalized spacial score (nSPS) is 28.9. The molecule has 4 rings (SSSR count). The maximum absolute atomic E-state index is 13.2. The molecular formula is C21H30N4O5S2. The lowest BCUT2D eigenvalue weighted by molar-refractivity contribution is -0.141. The van der Waals surface area contributed by atoms with E-state index in [-0.39, 0.29) is 60.1 Å². The van der Waals surface area contributed by atoms with Gasteiger partial charge in [0.1, 0.15) is 16.3 Å². The summed E-state index contributed by atoms with van der Waals surface area (Å²) in [5, 5.41) is 4.60. The Morgan fingerprint density at radius 3 is 2.47 bits per heavy atom. The minimum Gasteiger partial charge on any atom is -0.338 e. The zero-order valence-corrected chi connectivity index (χ0v) is 20.3. The van der Waals surface area contributed by atoms with Crippen molar-refractivity contribution in [2.24, 2.45) is 11.3 Å². The number of carbonyl (C=O) groups excluding carboxylic acids is 3. The molecule has 0 unspecified atom stereocenters. The van der Waals surface area contributed by atoms with Gasteiger partial charge in [0, 0.05) is 26.2 Å². The van der Waals surface area contributed by atoms with Crippen molar-refractivity contribution in [2.45, 2.75) is 49.8 Å². The number of piperazine rings is 1. The van der Waals surface area contributed by atoms with Gasteiger partial charge in [-0.1, -0.05) is 26.8 Å². The summed E-state index contributed by atoms with van der Waals surface area (Å²) < 4.78 is 27.0. The Balaban J connectivity index is 1.39. The minimum absolute atomic E-state index is 0.0784. The molecule has 2 saturated heterocycles. The Bertz CT molecular complexity index is 1010. The molecule has 2 atom stereocenters. The number of hydrogen-bond acceptors (Lipinski definition) is 6. The van der Waals surface area contributed by atoms with Crippen LogP contribution in [0.3, 0.4) is 0 Å². The summed E-state index contributed by atoms with van der Waals surface area (Å²) >= 11 is 1.16. The second-order valence-electron chi connectivity index (χ2n) is 9.97. The molecule has 1 N–H and O–H groups in total. The highest BCUT2D eigenvalue weighted by Gasteiger charge is 2.56. The van der Waals surface area contributed by atoms with Crippen molar-refractivity contribution in [3.05, 3.63) is 17.5 Å². The summed E-state index contributed by atoms with van der Waals surface area (Å²) in [5.41, 5.74) is -1.02. The molecule has 1 aromatic heterocycles. The Morgan fingerprint density at radius 1 is 1.19 bits per heavy atom. The van der Waals surface area contributed by atoms with Gasteiger partial charge >= 0.3 is 6.03 Å². The molecule has 1 spiro atoms. The summed E-state index contributed by atoms with van der Waals surface area (Å²) in [7, 11) is -3.56. The molecule has 1 aromatic rings. The monoisotopic (exact) mass is 482 g/mol. The highest BCUT2D eigenvalue weighted by Crippen LogP contribution is 2.46. The number of nitrogens with one attached hydrogen (secondary N) is 1. The van der Waals surface area contributed by atoms with Crippen LogP contribution < -0.4 is 5.32 Å². The molecule has 0 radical (unpaired) electrons. The van der Waals surface area contributed by atoms with Crippen molar-refractivity contribution >= 4 is 39.2 Å². The van der Waals surface area contributed by atoms with E-state index in [1.165, 1.54) is 9.21 Å².